The van der Waals surface area contributed by atoms with Gasteiger partial charge in [-0.1, -0.05) is 0 Å². The Morgan fingerprint density at radius 2 is 1.70 bits per heavy atom. The number of unbranched alkanes of at least 4 members (excludes halogenated alkanes) is 1. The van der Waals surface area contributed by atoms with E-state index in [9.17, 15) is 13.2 Å². The number of aryl methyl sites for hydroxylation is 2. The fourth-order valence-corrected chi connectivity index (χ4v) is 4.66. The van der Waals surface area contributed by atoms with Gasteiger partial charge in [-0.15, -0.1) is 0 Å². The summed E-state index contributed by atoms with van der Waals surface area (Å²) in [5.74, 6) is -0.0538. The number of nitrogens with one attached hydrogen (secondary N) is 2. The maximum atomic E-state index is 12.3. The molecule has 30 heavy (non-hydrogen) atoms. The van der Waals surface area contributed by atoms with Crippen molar-refractivity contribution in [2.24, 2.45) is 0 Å². The quantitative estimate of drug-likeness (QED) is 0.576. The highest BCUT2D eigenvalue weighted by molar-refractivity contribution is 7.90. The summed E-state index contributed by atoms with van der Waals surface area (Å²) in [6, 6.07) is 4.03. The van der Waals surface area contributed by atoms with Gasteiger partial charge in [0, 0.05) is 37.4 Å². The fraction of sp³-hybridized carbons (Fsp3) is 0.682. The number of anilines is 2. The van der Waals surface area contributed by atoms with E-state index in [1.165, 1.54) is 5.69 Å². The SMILES string of the molecule is Cc1cc(NC(=O)CCCCNS(=O)(=O)C(C)C)cc(C)c1N1CC(C)OC(C)C1. The van der Waals surface area contributed by atoms with Crippen molar-refractivity contribution in [1.29, 1.82) is 0 Å². The Kier molecular flexibility index (Phi) is 8.70. The van der Waals surface area contributed by atoms with Gasteiger partial charge < -0.3 is 15.0 Å². The molecule has 0 saturated carbocycles. The molecule has 2 atom stereocenters. The number of rotatable bonds is 9. The molecule has 1 heterocycles. The molecule has 1 aromatic carbocycles. The summed E-state index contributed by atoms with van der Waals surface area (Å²) in [5.41, 5.74) is 4.28. The third-order valence-electron chi connectivity index (χ3n) is 5.27. The lowest BCUT2D eigenvalue weighted by atomic mass is 10.0. The van der Waals surface area contributed by atoms with Gasteiger partial charge in [0.05, 0.1) is 17.5 Å². The largest absolute Gasteiger partial charge is 0.372 e. The lowest BCUT2D eigenvalue weighted by Gasteiger charge is -2.38. The van der Waals surface area contributed by atoms with E-state index in [1.54, 1.807) is 13.8 Å². The summed E-state index contributed by atoms with van der Waals surface area (Å²) in [5, 5.41) is 2.53. The first-order chi connectivity index (χ1) is 14.0. The predicted molar refractivity (Wildman–Crippen MR) is 123 cm³/mol. The van der Waals surface area contributed by atoms with Crippen LogP contribution in [0.1, 0.15) is 58.1 Å². The van der Waals surface area contributed by atoms with Gasteiger partial charge in [-0.2, -0.15) is 0 Å². The monoisotopic (exact) mass is 439 g/mol. The third-order valence-corrected chi connectivity index (χ3v) is 7.11. The van der Waals surface area contributed by atoms with Crippen LogP contribution in [0.3, 0.4) is 0 Å². The van der Waals surface area contributed by atoms with E-state index in [-0.39, 0.29) is 18.1 Å². The smallest absolute Gasteiger partial charge is 0.224 e. The molecular weight excluding hydrogens is 402 g/mol. The van der Waals surface area contributed by atoms with Crippen LogP contribution in [0, 0.1) is 13.8 Å². The Bertz CT molecular complexity index is 806. The number of carbonyl (C=O) groups is 1. The predicted octanol–water partition coefficient (Wildman–Crippen LogP) is 3.35. The summed E-state index contributed by atoms with van der Waals surface area (Å²) in [6.45, 7) is 13.7. The fourth-order valence-electron chi connectivity index (χ4n) is 3.90. The number of hydrogen-bond acceptors (Lipinski definition) is 5. The van der Waals surface area contributed by atoms with Crippen molar-refractivity contribution >= 4 is 27.3 Å². The lowest BCUT2D eigenvalue weighted by molar-refractivity contribution is -0.116. The topological polar surface area (TPSA) is 87.7 Å². The van der Waals surface area contributed by atoms with Crippen molar-refractivity contribution in [1.82, 2.24) is 4.72 Å². The average molecular weight is 440 g/mol. The molecule has 7 nitrogen and oxygen atoms in total. The van der Waals surface area contributed by atoms with Crippen molar-refractivity contribution < 1.29 is 17.9 Å². The average Bonchev–Trinajstić information content (AvgIpc) is 2.59. The highest BCUT2D eigenvalue weighted by Gasteiger charge is 2.24. The van der Waals surface area contributed by atoms with Gasteiger partial charge in [0.25, 0.3) is 0 Å². The minimum Gasteiger partial charge on any atom is -0.372 e. The van der Waals surface area contributed by atoms with Gasteiger partial charge >= 0.3 is 0 Å². The van der Waals surface area contributed by atoms with E-state index in [2.05, 4.69) is 42.6 Å². The Balaban J connectivity index is 1.87. The van der Waals surface area contributed by atoms with E-state index < -0.39 is 15.3 Å². The van der Waals surface area contributed by atoms with E-state index >= 15 is 0 Å². The third kappa shape index (κ3) is 6.96. The molecule has 0 aliphatic carbocycles. The van der Waals surface area contributed by atoms with Crippen LogP contribution in [-0.4, -0.2) is 51.4 Å². The molecule has 1 fully saturated rings. The summed E-state index contributed by atoms with van der Waals surface area (Å²) in [7, 11) is -3.24. The molecule has 1 aliphatic rings. The highest BCUT2D eigenvalue weighted by Crippen LogP contribution is 2.31. The van der Waals surface area contributed by atoms with Crippen LogP contribution < -0.4 is 14.9 Å². The second kappa shape index (κ2) is 10.6. The van der Waals surface area contributed by atoms with Gasteiger partial charge in [0.15, 0.2) is 0 Å². The molecule has 1 aliphatic heterocycles. The number of morpholine rings is 1. The molecule has 2 rings (SSSR count). The van der Waals surface area contributed by atoms with Crippen molar-refractivity contribution in [2.45, 2.75) is 78.3 Å². The van der Waals surface area contributed by atoms with Gasteiger partial charge in [-0.3, -0.25) is 4.79 Å². The molecule has 2 unspecified atom stereocenters. The molecular formula is C22H37N3O4S. The molecule has 8 heteroatoms. The minimum atomic E-state index is -3.24. The Morgan fingerprint density at radius 3 is 2.23 bits per heavy atom. The van der Waals surface area contributed by atoms with Crippen LogP contribution >= 0.6 is 0 Å². The summed E-state index contributed by atoms with van der Waals surface area (Å²) < 4.78 is 31.8. The standard InChI is InChI=1S/C22H37N3O4S/c1-15(2)30(27,28)23-10-8-7-9-21(26)24-20-11-16(3)22(17(4)12-20)25-13-18(5)29-19(6)14-25/h11-12,15,18-19,23H,7-10,13-14H2,1-6H3,(H,24,26). The van der Waals surface area contributed by atoms with E-state index in [4.69, 9.17) is 4.74 Å². The second-order valence-electron chi connectivity index (χ2n) is 8.61. The highest BCUT2D eigenvalue weighted by atomic mass is 32.2. The zero-order valence-electron chi connectivity index (χ0n) is 19.1. The van der Waals surface area contributed by atoms with Crippen molar-refractivity contribution in [2.75, 3.05) is 29.9 Å². The van der Waals surface area contributed by atoms with Crippen LogP contribution in [0.15, 0.2) is 12.1 Å². The zero-order valence-corrected chi connectivity index (χ0v) is 19.9. The molecule has 0 aromatic heterocycles. The van der Waals surface area contributed by atoms with Gasteiger partial charge in [-0.25, -0.2) is 13.1 Å². The number of sulfonamides is 1. The zero-order chi connectivity index (χ0) is 22.5. The van der Waals surface area contributed by atoms with Crippen molar-refractivity contribution in [3.8, 4) is 0 Å². The van der Waals surface area contributed by atoms with Crippen LogP contribution in [-0.2, 0) is 19.6 Å². The number of amides is 1. The van der Waals surface area contributed by atoms with E-state index in [0.29, 0.717) is 25.8 Å². The van der Waals surface area contributed by atoms with Crippen molar-refractivity contribution in [3.05, 3.63) is 23.3 Å². The number of benzene rings is 1. The molecule has 2 N–H and O–H groups in total. The van der Waals surface area contributed by atoms with Crippen LogP contribution in [0.4, 0.5) is 11.4 Å². The lowest BCUT2D eigenvalue weighted by Crippen LogP contribution is -2.46. The molecule has 1 saturated heterocycles. The second-order valence-corrected chi connectivity index (χ2v) is 10.9. The van der Waals surface area contributed by atoms with E-state index in [1.807, 2.05) is 12.1 Å². The van der Waals surface area contributed by atoms with E-state index in [0.717, 1.165) is 29.9 Å². The normalized spacial score (nSPS) is 19.9. The van der Waals surface area contributed by atoms with Crippen LogP contribution in [0.5, 0.6) is 0 Å². The molecule has 0 radical (unpaired) electrons. The van der Waals surface area contributed by atoms with Crippen LogP contribution in [0.25, 0.3) is 0 Å². The Morgan fingerprint density at radius 1 is 1.13 bits per heavy atom. The molecule has 0 bridgehead atoms. The maximum absolute atomic E-state index is 12.3. The number of nitrogens with zero attached hydrogens (tertiary/aromatic N) is 1. The van der Waals surface area contributed by atoms with Gasteiger partial charge in [0.1, 0.15) is 0 Å². The Hall–Kier alpha value is -1.64. The summed E-state index contributed by atoms with van der Waals surface area (Å²) in [4.78, 5) is 14.7. The molecule has 170 valence electrons. The Labute approximate surface area is 181 Å². The number of carbonyl (C=O) groups excluding carboxylic acids is 1. The van der Waals surface area contributed by atoms with Gasteiger partial charge in [-0.05, 0) is 77.6 Å². The number of hydrogen-bond donors (Lipinski definition) is 2. The first kappa shape index (κ1) is 24.6. The van der Waals surface area contributed by atoms with Crippen molar-refractivity contribution in [3.63, 3.8) is 0 Å². The maximum Gasteiger partial charge on any atom is 0.224 e. The first-order valence-corrected chi connectivity index (χ1v) is 12.3. The first-order valence-electron chi connectivity index (χ1n) is 10.8. The minimum absolute atomic E-state index is 0.0538. The molecule has 1 amide bonds. The number of ether oxygens (including phenoxy) is 1. The summed E-state index contributed by atoms with van der Waals surface area (Å²) >= 11 is 0. The molecule has 1 aromatic rings. The molecule has 0 spiro atoms. The summed E-state index contributed by atoms with van der Waals surface area (Å²) in [6.07, 6.45) is 2.01. The van der Waals surface area contributed by atoms with Gasteiger partial charge in [0.2, 0.25) is 15.9 Å². The van der Waals surface area contributed by atoms with Crippen LogP contribution in [0.2, 0.25) is 0 Å².